The summed E-state index contributed by atoms with van der Waals surface area (Å²) < 4.78 is 11.9. The second-order valence-electron chi connectivity index (χ2n) is 8.32. The van der Waals surface area contributed by atoms with Crippen LogP contribution in [-0.2, 0) is 4.79 Å². The molecule has 0 aromatic heterocycles. The van der Waals surface area contributed by atoms with Crippen LogP contribution in [0.2, 0.25) is 0 Å². The number of Topliss-reactive ketones (excluding diaryl/α,β-unsaturated/α-hetero) is 1. The number of methoxy groups -OCH3 is 2. The summed E-state index contributed by atoms with van der Waals surface area (Å²) in [6, 6.07) is 22.0. The minimum Gasteiger partial charge on any atom is -0.493 e. The molecule has 0 bridgehead atoms. The molecule has 0 saturated heterocycles. The van der Waals surface area contributed by atoms with E-state index in [9.17, 15) is 4.79 Å². The highest BCUT2D eigenvalue weighted by atomic mass is 79.9. The molecule has 33 heavy (non-hydrogen) atoms. The van der Waals surface area contributed by atoms with Crippen molar-refractivity contribution in [1.29, 1.82) is 0 Å². The highest BCUT2D eigenvalue weighted by Gasteiger charge is 2.36. The minimum absolute atomic E-state index is 0.146. The molecule has 3 aromatic carbocycles. The molecule has 0 spiro atoms. The van der Waals surface area contributed by atoms with E-state index in [1.54, 1.807) is 14.2 Å². The summed E-state index contributed by atoms with van der Waals surface area (Å²) in [6.07, 6.45) is 1.25. The zero-order chi connectivity index (χ0) is 22.9. The van der Waals surface area contributed by atoms with Crippen molar-refractivity contribution in [2.45, 2.75) is 24.8 Å². The van der Waals surface area contributed by atoms with E-state index in [1.807, 2.05) is 54.6 Å². The van der Waals surface area contributed by atoms with Gasteiger partial charge in [0.1, 0.15) is 0 Å². The molecule has 2 aliphatic rings. The maximum atomic E-state index is 13.7. The molecule has 1 aliphatic carbocycles. The van der Waals surface area contributed by atoms with Gasteiger partial charge in [-0.2, -0.15) is 0 Å². The number of ketones is 1. The Labute approximate surface area is 201 Å². The predicted molar refractivity (Wildman–Crippen MR) is 134 cm³/mol. The molecule has 1 heterocycles. The van der Waals surface area contributed by atoms with Gasteiger partial charge in [-0.3, -0.25) is 4.79 Å². The minimum atomic E-state index is -0.323. The second-order valence-corrected chi connectivity index (χ2v) is 9.17. The molecule has 3 aromatic rings. The fraction of sp³-hybridized carbons (Fsp3) is 0.222. The van der Waals surface area contributed by atoms with Gasteiger partial charge in [0.15, 0.2) is 17.3 Å². The average molecular weight is 505 g/mol. The van der Waals surface area contributed by atoms with Crippen molar-refractivity contribution in [2.75, 3.05) is 24.9 Å². The van der Waals surface area contributed by atoms with E-state index in [2.05, 4.69) is 38.7 Å². The van der Waals surface area contributed by atoms with Crippen LogP contribution >= 0.6 is 15.9 Å². The van der Waals surface area contributed by atoms with Gasteiger partial charge in [0.2, 0.25) is 0 Å². The topological polar surface area (TPSA) is 59.6 Å². The Morgan fingerprint density at radius 2 is 1.61 bits per heavy atom. The Bertz CT molecular complexity index is 1240. The fourth-order valence-electron chi connectivity index (χ4n) is 4.81. The first-order valence-corrected chi connectivity index (χ1v) is 11.7. The quantitative estimate of drug-likeness (QED) is 0.427. The largest absolute Gasteiger partial charge is 0.493 e. The Morgan fingerprint density at radius 3 is 2.33 bits per heavy atom. The number of benzene rings is 3. The third-order valence-electron chi connectivity index (χ3n) is 6.37. The summed E-state index contributed by atoms with van der Waals surface area (Å²) in [5.74, 6) is 1.53. The standard InChI is InChI=1S/C27H25BrN2O3/c1-32-24-15-18(12-19(28)27(24)33-2)26-25-22(29-20-10-6-7-11-21(20)30-26)13-17(14-23(25)31)16-8-4-3-5-9-16/h3-12,15,17,26,29-30H,13-14H2,1-2H3/t17-,26-/m0/s1. The van der Waals surface area contributed by atoms with Crippen LogP contribution in [0.5, 0.6) is 11.5 Å². The molecule has 2 atom stereocenters. The van der Waals surface area contributed by atoms with Gasteiger partial charge in [-0.1, -0.05) is 42.5 Å². The number of hydrogen-bond donors (Lipinski definition) is 2. The van der Waals surface area contributed by atoms with Crippen LogP contribution < -0.4 is 20.1 Å². The van der Waals surface area contributed by atoms with Crippen molar-refractivity contribution in [1.82, 2.24) is 0 Å². The second kappa shape index (κ2) is 8.94. The first-order chi connectivity index (χ1) is 16.1. The number of rotatable bonds is 4. The third kappa shape index (κ3) is 4.00. The number of fused-ring (bicyclic) bond motifs is 1. The summed E-state index contributed by atoms with van der Waals surface area (Å²) in [5.41, 5.74) is 5.78. The normalized spacial score (nSPS) is 19.5. The molecular weight excluding hydrogens is 480 g/mol. The molecule has 5 nitrogen and oxygen atoms in total. The smallest absolute Gasteiger partial charge is 0.174 e. The zero-order valence-electron chi connectivity index (χ0n) is 18.5. The van der Waals surface area contributed by atoms with Crippen LogP contribution in [0.15, 0.2) is 82.5 Å². The van der Waals surface area contributed by atoms with E-state index in [4.69, 9.17) is 9.47 Å². The van der Waals surface area contributed by atoms with Crippen LogP contribution in [0.3, 0.4) is 0 Å². The number of carbonyl (C=O) groups excluding carboxylic acids is 1. The van der Waals surface area contributed by atoms with E-state index in [0.717, 1.165) is 39.1 Å². The number of ether oxygens (including phenoxy) is 2. The lowest BCUT2D eigenvalue weighted by molar-refractivity contribution is -0.116. The van der Waals surface area contributed by atoms with E-state index < -0.39 is 0 Å². The molecule has 2 N–H and O–H groups in total. The Balaban J connectivity index is 1.64. The highest BCUT2D eigenvalue weighted by molar-refractivity contribution is 9.10. The maximum absolute atomic E-state index is 13.7. The van der Waals surface area contributed by atoms with Gasteiger partial charge in [-0.15, -0.1) is 0 Å². The lowest BCUT2D eigenvalue weighted by Crippen LogP contribution is -2.27. The number of nitrogens with one attached hydrogen (secondary N) is 2. The van der Waals surface area contributed by atoms with Crippen LogP contribution in [0, 0.1) is 0 Å². The summed E-state index contributed by atoms with van der Waals surface area (Å²) in [7, 11) is 3.23. The van der Waals surface area contributed by atoms with Crippen LogP contribution in [-0.4, -0.2) is 20.0 Å². The number of carbonyl (C=O) groups is 1. The summed E-state index contributed by atoms with van der Waals surface area (Å²) in [4.78, 5) is 13.7. The van der Waals surface area contributed by atoms with Crippen molar-refractivity contribution < 1.29 is 14.3 Å². The van der Waals surface area contributed by atoms with Crippen molar-refractivity contribution >= 4 is 33.1 Å². The van der Waals surface area contributed by atoms with E-state index in [-0.39, 0.29) is 17.7 Å². The molecule has 5 rings (SSSR count). The molecule has 1 aliphatic heterocycles. The average Bonchev–Trinajstić information content (AvgIpc) is 3.01. The van der Waals surface area contributed by atoms with E-state index in [1.165, 1.54) is 5.56 Å². The van der Waals surface area contributed by atoms with Gasteiger partial charge >= 0.3 is 0 Å². The van der Waals surface area contributed by atoms with Crippen molar-refractivity contribution in [2.24, 2.45) is 0 Å². The first kappa shape index (κ1) is 21.6. The molecule has 6 heteroatoms. The Kier molecular flexibility index (Phi) is 5.85. The molecule has 0 fully saturated rings. The Hall–Kier alpha value is -3.25. The number of allylic oxidation sites excluding steroid dienone is 1. The van der Waals surface area contributed by atoms with Crippen molar-refractivity contribution in [3.8, 4) is 11.5 Å². The van der Waals surface area contributed by atoms with Gasteiger partial charge in [-0.05, 0) is 63.7 Å². The van der Waals surface area contributed by atoms with E-state index in [0.29, 0.717) is 17.9 Å². The molecule has 168 valence electrons. The molecule has 0 amide bonds. The zero-order valence-corrected chi connectivity index (χ0v) is 20.1. The van der Waals surface area contributed by atoms with Gasteiger partial charge in [0, 0.05) is 17.7 Å². The predicted octanol–water partition coefficient (Wildman–Crippen LogP) is 6.45. The third-order valence-corrected chi connectivity index (χ3v) is 6.96. The van der Waals surface area contributed by atoms with Gasteiger partial charge in [-0.25, -0.2) is 0 Å². The van der Waals surface area contributed by atoms with Crippen molar-refractivity contribution in [3.05, 3.63) is 93.6 Å². The van der Waals surface area contributed by atoms with Gasteiger partial charge in [0.25, 0.3) is 0 Å². The first-order valence-electron chi connectivity index (χ1n) is 10.9. The highest BCUT2D eigenvalue weighted by Crippen LogP contribution is 2.46. The summed E-state index contributed by atoms with van der Waals surface area (Å²) in [5, 5.41) is 7.20. The maximum Gasteiger partial charge on any atom is 0.174 e. The lowest BCUT2D eigenvalue weighted by atomic mass is 9.78. The van der Waals surface area contributed by atoms with Crippen LogP contribution in [0.25, 0.3) is 0 Å². The summed E-state index contributed by atoms with van der Waals surface area (Å²) in [6.45, 7) is 0. The van der Waals surface area contributed by atoms with Crippen LogP contribution in [0.1, 0.15) is 35.9 Å². The van der Waals surface area contributed by atoms with Crippen LogP contribution in [0.4, 0.5) is 11.4 Å². The lowest BCUT2D eigenvalue weighted by Gasteiger charge is -2.30. The molecule has 0 radical (unpaired) electrons. The molecule has 0 unspecified atom stereocenters. The number of halogens is 1. The van der Waals surface area contributed by atoms with Gasteiger partial charge < -0.3 is 20.1 Å². The fourth-order valence-corrected chi connectivity index (χ4v) is 5.43. The molecule has 0 saturated carbocycles. The Morgan fingerprint density at radius 1 is 0.879 bits per heavy atom. The van der Waals surface area contributed by atoms with E-state index >= 15 is 0 Å². The van der Waals surface area contributed by atoms with Crippen molar-refractivity contribution in [3.63, 3.8) is 0 Å². The number of hydrogen-bond acceptors (Lipinski definition) is 5. The summed E-state index contributed by atoms with van der Waals surface area (Å²) >= 11 is 3.61. The SMILES string of the molecule is COc1cc([C@@H]2Nc3ccccc3NC3=C2C(=O)C[C@@H](c2ccccc2)C3)cc(Br)c1OC. The van der Waals surface area contributed by atoms with Gasteiger partial charge in [0.05, 0.1) is 36.1 Å². The number of para-hydroxylation sites is 2. The monoisotopic (exact) mass is 504 g/mol. The number of anilines is 2. The molecular formula is C27H25BrN2O3.